The third-order valence-electron chi connectivity index (χ3n) is 2.58. The number of hydrogen-bond acceptors (Lipinski definition) is 4. The second kappa shape index (κ2) is 3.74. The molecule has 0 aliphatic rings. The standard InChI is InChI=1S/C11H11N3O2/c1-7(6-12)14(2)8-3-4-10-9(5-8)13-11(15)16-10/h3-5,7H,1-2H3,(H,13,15). The molecular weight excluding hydrogens is 206 g/mol. The molecule has 0 fully saturated rings. The summed E-state index contributed by atoms with van der Waals surface area (Å²) in [6.45, 7) is 1.81. The first kappa shape index (κ1) is 10.3. The van der Waals surface area contributed by atoms with Crippen molar-refractivity contribution in [3.8, 4) is 6.07 Å². The molecule has 2 aromatic rings. The topological polar surface area (TPSA) is 73.0 Å². The minimum Gasteiger partial charge on any atom is -0.408 e. The van der Waals surface area contributed by atoms with Crippen LogP contribution in [-0.2, 0) is 0 Å². The van der Waals surface area contributed by atoms with Gasteiger partial charge >= 0.3 is 5.76 Å². The number of aromatic nitrogens is 1. The van der Waals surface area contributed by atoms with Crippen LogP contribution in [0.4, 0.5) is 5.69 Å². The molecule has 0 saturated heterocycles. The number of aromatic amines is 1. The van der Waals surface area contributed by atoms with E-state index < -0.39 is 5.76 Å². The molecule has 1 atom stereocenters. The lowest BCUT2D eigenvalue weighted by molar-refractivity contribution is 0.555. The fourth-order valence-corrected chi connectivity index (χ4v) is 1.47. The number of anilines is 1. The first-order valence-corrected chi connectivity index (χ1v) is 4.87. The summed E-state index contributed by atoms with van der Waals surface area (Å²) in [5.41, 5.74) is 2.02. The number of nitrogens with zero attached hydrogens (tertiary/aromatic N) is 2. The second-order valence-electron chi connectivity index (χ2n) is 3.61. The van der Waals surface area contributed by atoms with Gasteiger partial charge in [0.25, 0.3) is 0 Å². The van der Waals surface area contributed by atoms with Crippen LogP contribution in [0, 0.1) is 11.3 Å². The minimum absolute atomic E-state index is 0.226. The highest BCUT2D eigenvalue weighted by molar-refractivity contribution is 5.77. The lowest BCUT2D eigenvalue weighted by atomic mass is 10.2. The average molecular weight is 217 g/mol. The molecule has 5 heteroatoms. The SMILES string of the molecule is CC(C#N)N(C)c1ccc2oc(=O)[nH]c2c1. The Morgan fingerprint density at radius 2 is 2.31 bits per heavy atom. The van der Waals surface area contributed by atoms with Gasteiger partial charge in [-0.1, -0.05) is 0 Å². The van der Waals surface area contributed by atoms with Crippen molar-refractivity contribution in [1.29, 1.82) is 5.26 Å². The second-order valence-corrected chi connectivity index (χ2v) is 3.61. The van der Waals surface area contributed by atoms with Gasteiger partial charge in [-0.05, 0) is 25.1 Å². The lowest BCUT2D eigenvalue weighted by Gasteiger charge is -2.21. The summed E-state index contributed by atoms with van der Waals surface area (Å²) >= 11 is 0. The molecule has 0 aliphatic heterocycles. The van der Waals surface area contributed by atoms with E-state index in [0.717, 1.165) is 5.69 Å². The van der Waals surface area contributed by atoms with E-state index in [0.29, 0.717) is 11.1 Å². The van der Waals surface area contributed by atoms with E-state index in [-0.39, 0.29) is 6.04 Å². The van der Waals surface area contributed by atoms with Crippen molar-refractivity contribution in [2.75, 3.05) is 11.9 Å². The van der Waals surface area contributed by atoms with Gasteiger partial charge in [-0.3, -0.25) is 4.98 Å². The third-order valence-corrected chi connectivity index (χ3v) is 2.58. The maximum atomic E-state index is 11.0. The van der Waals surface area contributed by atoms with Crippen LogP contribution in [0.5, 0.6) is 0 Å². The van der Waals surface area contributed by atoms with Crippen LogP contribution in [-0.4, -0.2) is 18.1 Å². The molecular formula is C11H11N3O2. The van der Waals surface area contributed by atoms with Gasteiger partial charge in [-0.2, -0.15) is 5.26 Å². The predicted molar refractivity (Wildman–Crippen MR) is 60.3 cm³/mol. The minimum atomic E-state index is -0.469. The zero-order valence-electron chi connectivity index (χ0n) is 9.02. The van der Waals surface area contributed by atoms with E-state index >= 15 is 0 Å². The molecule has 16 heavy (non-hydrogen) atoms. The van der Waals surface area contributed by atoms with Crippen LogP contribution in [0.15, 0.2) is 27.4 Å². The highest BCUT2D eigenvalue weighted by atomic mass is 16.4. The number of nitriles is 1. The van der Waals surface area contributed by atoms with Crippen LogP contribution in [0.3, 0.4) is 0 Å². The molecule has 0 spiro atoms. The van der Waals surface area contributed by atoms with Crippen molar-refractivity contribution in [2.45, 2.75) is 13.0 Å². The average Bonchev–Trinajstić information content (AvgIpc) is 2.65. The number of rotatable bonds is 2. The number of hydrogen-bond donors (Lipinski definition) is 1. The normalized spacial score (nSPS) is 12.3. The van der Waals surface area contributed by atoms with E-state index in [1.807, 2.05) is 24.9 Å². The fourth-order valence-electron chi connectivity index (χ4n) is 1.47. The Balaban J connectivity index is 2.47. The first-order valence-electron chi connectivity index (χ1n) is 4.87. The summed E-state index contributed by atoms with van der Waals surface area (Å²) < 4.78 is 4.89. The Kier molecular flexibility index (Phi) is 2.41. The first-order chi connectivity index (χ1) is 7.61. The van der Waals surface area contributed by atoms with Gasteiger partial charge in [0.2, 0.25) is 0 Å². The number of oxazole rings is 1. The molecule has 0 bridgehead atoms. The highest BCUT2D eigenvalue weighted by Gasteiger charge is 2.10. The molecule has 1 heterocycles. The summed E-state index contributed by atoms with van der Waals surface area (Å²) in [6, 6.07) is 7.23. The molecule has 1 unspecified atom stereocenters. The summed E-state index contributed by atoms with van der Waals surface area (Å²) in [5.74, 6) is -0.469. The van der Waals surface area contributed by atoms with E-state index in [2.05, 4.69) is 11.1 Å². The molecule has 0 amide bonds. The molecule has 0 saturated carbocycles. The van der Waals surface area contributed by atoms with Gasteiger partial charge in [-0.15, -0.1) is 0 Å². The smallest absolute Gasteiger partial charge is 0.408 e. The number of fused-ring (bicyclic) bond motifs is 1. The van der Waals surface area contributed by atoms with Crippen LogP contribution in [0.2, 0.25) is 0 Å². The Hall–Kier alpha value is -2.22. The zero-order valence-corrected chi connectivity index (χ0v) is 9.02. The Bertz CT molecular complexity index is 605. The van der Waals surface area contributed by atoms with Crippen molar-refractivity contribution in [3.63, 3.8) is 0 Å². The van der Waals surface area contributed by atoms with Gasteiger partial charge < -0.3 is 9.32 Å². The molecule has 0 aliphatic carbocycles. The number of benzene rings is 1. The highest BCUT2D eigenvalue weighted by Crippen LogP contribution is 2.20. The van der Waals surface area contributed by atoms with Crippen LogP contribution < -0.4 is 10.7 Å². The van der Waals surface area contributed by atoms with Gasteiger partial charge in [0.05, 0.1) is 11.6 Å². The molecule has 5 nitrogen and oxygen atoms in total. The molecule has 82 valence electrons. The maximum absolute atomic E-state index is 11.0. The summed E-state index contributed by atoms with van der Waals surface area (Å²) in [4.78, 5) is 15.4. The van der Waals surface area contributed by atoms with Crippen LogP contribution in [0.1, 0.15) is 6.92 Å². The Morgan fingerprint density at radius 3 is 3.00 bits per heavy atom. The van der Waals surface area contributed by atoms with Crippen molar-refractivity contribution in [3.05, 3.63) is 28.7 Å². The zero-order chi connectivity index (χ0) is 11.7. The van der Waals surface area contributed by atoms with Gasteiger partial charge in [0.1, 0.15) is 6.04 Å². The van der Waals surface area contributed by atoms with Gasteiger partial charge in [-0.25, -0.2) is 4.79 Å². The van der Waals surface area contributed by atoms with Crippen LogP contribution >= 0.6 is 0 Å². The largest absolute Gasteiger partial charge is 0.417 e. The third kappa shape index (κ3) is 1.65. The van der Waals surface area contributed by atoms with Gasteiger partial charge in [0.15, 0.2) is 5.58 Å². The van der Waals surface area contributed by atoms with Crippen molar-refractivity contribution < 1.29 is 4.42 Å². The molecule has 1 aromatic heterocycles. The molecule has 1 aromatic carbocycles. The fraction of sp³-hybridized carbons (Fsp3) is 0.273. The molecule has 1 N–H and O–H groups in total. The Labute approximate surface area is 91.9 Å². The predicted octanol–water partition coefficient (Wildman–Crippen LogP) is 1.47. The van der Waals surface area contributed by atoms with E-state index in [9.17, 15) is 4.79 Å². The van der Waals surface area contributed by atoms with Gasteiger partial charge in [0, 0.05) is 12.7 Å². The van der Waals surface area contributed by atoms with Crippen molar-refractivity contribution >= 4 is 16.8 Å². The lowest BCUT2D eigenvalue weighted by Crippen LogP contribution is -2.26. The van der Waals surface area contributed by atoms with Crippen molar-refractivity contribution in [2.24, 2.45) is 0 Å². The Morgan fingerprint density at radius 1 is 1.56 bits per heavy atom. The number of H-pyrrole nitrogens is 1. The van der Waals surface area contributed by atoms with Crippen molar-refractivity contribution in [1.82, 2.24) is 4.98 Å². The monoisotopic (exact) mass is 217 g/mol. The van der Waals surface area contributed by atoms with Crippen LogP contribution in [0.25, 0.3) is 11.1 Å². The quantitative estimate of drug-likeness (QED) is 0.826. The number of nitrogens with one attached hydrogen (secondary N) is 1. The van der Waals surface area contributed by atoms with E-state index in [4.69, 9.17) is 9.68 Å². The summed E-state index contributed by atoms with van der Waals surface area (Å²) in [6.07, 6.45) is 0. The molecule has 2 rings (SSSR count). The van der Waals surface area contributed by atoms with E-state index in [1.165, 1.54) is 0 Å². The summed E-state index contributed by atoms with van der Waals surface area (Å²) in [7, 11) is 1.83. The van der Waals surface area contributed by atoms with E-state index in [1.54, 1.807) is 12.1 Å². The molecule has 0 radical (unpaired) electrons. The summed E-state index contributed by atoms with van der Waals surface area (Å²) in [5, 5.41) is 8.82. The maximum Gasteiger partial charge on any atom is 0.417 e.